The van der Waals surface area contributed by atoms with Crippen molar-refractivity contribution in [3.8, 4) is 11.3 Å². The van der Waals surface area contributed by atoms with E-state index in [0.717, 1.165) is 11.1 Å². The molecule has 23 heavy (non-hydrogen) atoms. The summed E-state index contributed by atoms with van der Waals surface area (Å²) in [6.45, 7) is 0.185. The number of rotatable bonds is 4. The highest BCUT2D eigenvalue weighted by Crippen LogP contribution is 2.23. The van der Waals surface area contributed by atoms with Gasteiger partial charge in [0.1, 0.15) is 12.3 Å². The van der Waals surface area contributed by atoms with Gasteiger partial charge in [-0.3, -0.25) is 5.32 Å². The van der Waals surface area contributed by atoms with E-state index in [0.29, 0.717) is 10.7 Å². The van der Waals surface area contributed by atoms with Crippen LogP contribution in [0.5, 0.6) is 0 Å². The fraction of sp³-hybridized carbons (Fsp3) is 0.0588. The van der Waals surface area contributed by atoms with Gasteiger partial charge in [0.15, 0.2) is 0 Å². The number of anilines is 1. The van der Waals surface area contributed by atoms with Crippen molar-refractivity contribution in [2.24, 2.45) is 0 Å². The van der Waals surface area contributed by atoms with Gasteiger partial charge in [0.25, 0.3) is 0 Å². The maximum Gasteiger partial charge on any atom is 0.414 e. The molecular formula is C17H13ClN2O3. The minimum Gasteiger partial charge on any atom is -0.444 e. The molecule has 0 atom stereocenters. The first-order valence-electron chi connectivity index (χ1n) is 6.91. The van der Waals surface area contributed by atoms with Gasteiger partial charge in [-0.15, -0.1) is 0 Å². The van der Waals surface area contributed by atoms with E-state index in [4.69, 9.17) is 20.9 Å². The minimum atomic E-state index is -0.604. The quantitative estimate of drug-likeness (QED) is 0.751. The van der Waals surface area contributed by atoms with Crippen molar-refractivity contribution < 1.29 is 14.1 Å². The molecule has 1 heterocycles. The van der Waals surface area contributed by atoms with Gasteiger partial charge in [-0.05, 0) is 17.7 Å². The number of carbonyl (C=O) groups is 1. The molecule has 6 heteroatoms. The monoisotopic (exact) mass is 328 g/mol. The van der Waals surface area contributed by atoms with Crippen LogP contribution in [0.25, 0.3) is 11.3 Å². The van der Waals surface area contributed by atoms with Crippen molar-refractivity contribution in [3.05, 3.63) is 71.2 Å². The molecule has 1 N–H and O–H groups in total. The minimum absolute atomic E-state index is 0.185. The first kappa shape index (κ1) is 15.1. The van der Waals surface area contributed by atoms with Gasteiger partial charge in [0.2, 0.25) is 5.88 Å². The largest absolute Gasteiger partial charge is 0.444 e. The lowest BCUT2D eigenvalue weighted by molar-refractivity contribution is 0.154. The molecular weight excluding hydrogens is 316 g/mol. The number of nitrogens with zero attached hydrogens (tertiary/aromatic N) is 1. The van der Waals surface area contributed by atoms with Crippen LogP contribution in [0.2, 0.25) is 5.02 Å². The second-order valence-electron chi connectivity index (χ2n) is 4.77. The summed E-state index contributed by atoms with van der Waals surface area (Å²) in [5.41, 5.74) is 2.34. The Bertz CT molecular complexity index is 785. The lowest BCUT2D eigenvalue weighted by atomic mass is 10.1. The van der Waals surface area contributed by atoms with Gasteiger partial charge in [-0.2, -0.15) is 0 Å². The van der Waals surface area contributed by atoms with Crippen LogP contribution in [0.3, 0.4) is 0 Å². The van der Waals surface area contributed by atoms with Crippen LogP contribution in [0, 0.1) is 0 Å². The van der Waals surface area contributed by atoms with Crippen LogP contribution >= 0.6 is 11.6 Å². The number of benzene rings is 2. The Morgan fingerprint density at radius 1 is 1.13 bits per heavy atom. The average molecular weight is 329 g/mol. The van der Waals surface area contributed by atoms with Gasteiger partial charge < -0.3 is 9.26 Å². The van der Waals surface area contributed by atoms with Crippen molar-refractivity contribution >= 4 is 23.6 Å². The molecule has 1 amide bonds. The zero-order valence-electron chi connectivity index (χ0n) is 12.0. The molecule has 0 fully saturated rings. The maximum atomic E-state index is 11.7. The van der Waals surface area contributed by atoms with Crippen molar-refractivity contribution in [2.45, 2.75) is 6.61 Å². The Labute approximate surface area is 137 Å². The summed E-state index contributed by atoms with van der Waals surface area (Å²) in [4.78, 5) is 11.7. The standard InChI is InChI=1S/C17H13ClN2O3/c18-14-8-6-13(7-9-14)15-10-16(23-20-15)19-17(21)22-11-12-4-2-1-3-5-12/h1-10H,11H2,(H,19,21). The molecule has 0 spiro atoms. The lowest BCUT2D eigenvalue weighted by Gasteiger charge is -2.04. The Morgan fingerprint density at radius 2 is 1.87 bits per heavy atom. The molecule has 3 rings (SSSR count). The normalized spacial score (nSPS) is 10.3. The smallest absolute Gasteiger partial charge is 0.414 e. The summed E-state index contributed by atoms with van der Waals surface area (Å²) < 4.78 is 10.2. The summed E-state index contributed by atoms with van der Waals surface area (Å²) in [7, 11) is 0. The lowest BCUT2D eigenvalue weighted by Crippen LogP contribution is -2.12. The first-order valence-corrected chi connectivity index (χ1v) is 7.29. The second kappa shape index (κ2) is 6.98. The summed E-state index contributed by atoms with van der Waals surface area (Å²) >= 11 is 5.84. The zero-order chi connectivity index (χ0) is 16.1. The van der Waals surface area contributed by atoms with Crippen molar-refractivity contribution in [3.63, 3.8) is 0 Å². The van der Waals surface area contributed by atoms with Crippen molar-refractivity contribution in [1.29, 1.82) is 0 Å². The Morgan fingerprint density at radius 3 is 2.61 bits per heavy atom. The SMILES string of the molecule is O=C(Nc1cc(-c2ccc(Cl)cc2)no1)OCc1ccccc1. The summed E-state index contributed by atoms with van der Waals surface area (Å²) in [5, 5.41) is 7.04. The predicted molar refractivity (Wildman–Crippen MR) is 87.2 cm³/mol. The van der Waals surface area contributed by atoms with E-state index in [9.17, 15) is 4.79 Å². The van der Waals surface area contributed by atoms with Crippen molar-refractivity contribution in [2.75, 3.05) is 5.32 Å². The van der Waals surface area contributed by atoms with Crippen molar-refractivity contribution in [1.82, 2.24) is 5.16 Å². The van der Waals surface area contributed by atoms with Crippen LogP contribution in [-0.4, -0.2) is 11.2 Å². The molecule has 2 aromatic carbocycles. The Hall–Kier alpha value is -2.79. The number of ether oxygens (including phenoxy) is 1. The van der Waals surface area contributed by atoms with E-state index in [1.54, 1.807) is 18.2 Å². The van der Waals surface area contributed by atoms with Crippen LogP contribution in [0.4, 0.5) is 10.7 Å². The number of hydrogen-bond acceptors (Lipinski definition) is 4. The molecule has 0 radical (unpaired) electrons. The Balaban J connectivity index is 1.58. The highest BCUT2D eigenvalue weighted by molar-refractivity contribution is 6.30. The molecule has 0 bridgehead atoms. The summed E-state index contributed by atoms with van der Waals surface area (Å²) in [5.74, 6) is 0.216. The number of halogens is 1. The number of nitrogens with one attached hydrogen (secondary N) is 1. The third-order valence-corrected chi connectivity index (χ3v) is 3.34. The van der Waals surface area contributed by atoms with Gasteiger partial charge in [-0.1, -0.05) is 59.2 Å². The van der Waals surface area contributed by atoms with E-state index in [1.165, 1.54) is 0 Å². The number of amides is 1. The zero-order valence-corrected chi connectivity index (χ0v) is 12.8. The van der Waals surface area contributed by atoms with E-state index < -0.39 is 6.09 Å². The topological polar surface area (TPSA) is 64.4 Å². The molecule has 116 valence electrons. The molecule has 0 aliphatic rings. The molecule has 5 nitrogen and oxygen atoms in total. The summed E-state index contributed by atoms with van der Waals surface area (Å²) in [6.07, 6.45) is -0.604. The average Bonchev–Trinajstić information content (AvgIpc) is 3.03. The maximum absolute atomic E-state index is 11.7. The fourth-order valence-electron chi connectivity index (χ4n) is 1.95. The van der Waals surface area contributed by atoms with Crippen LogP contribution < -0.4 is 5.32 Å². The molecule has 0 unspecified atom stereocenters. The van der Waals surface area contributed by atoms with Gasteiger partial charge in [0, 0.05) is 16.7 Å². The van der Waals surface area contributed by atoms with E-state index in [1.807, 2.05) is 42.5 Å². The van der Waals surface area contributed by atoms with Crippen LogP contribution in [0.15, 0.2) is 65.2 Å². The molecule has 0 saturated carbocycles. The third-order valence-electron chi connectivity index (χ3n) is 3.09. The molecule has 3 aromatic rings. The number of hydrogen-bond donors (Lipinski definition) is 1. The van der Waals surface area contributed by atoms with E-state index >= 15 is 0 Å². The summed E-state index contributed by atoms with van der Waals surface area (Å²) in [6, 6.07) is 18.2. The number of aromatic nitrogens is 1. The third kappa shape index (κ3) is 4.11. The Kier molecular flexibility index (Phi) is 4.59. The van der Waals surface area contributed by atoms with E-state index in [-0.39, 0.29) is 12.5 Å². The highest BCUT2D eigenvalue weighted by Gasteiger charge is 2.10. The van der Waals surface area contributed by atoms with E-state index in [2.05, 4.69) is 10.5 Å². The second-order valence-corrected chi connectivity index (χ2v) is 5.21. The van der Waals surface area contributed by atoms with Crippen LogP contribution in [0.1, 0.15) is 5.56 Å². The molecule has 1 aromatic heterocycles. The highest BCUT2D eigenvalue weighted by atomic mass is 35.5. The molecule has 0 aliphatic heterocycles. The molecule has 0 aliphatic carbocycles. The first-order chi connectivity index (χ1) is 11.2. The number of carbonyl (C=O) groups excluding carboxylic acids is 1. The van der Waals surface area contributed by atoms with Crippen LogP contribution in [-0.2, 0) is 11.3 Å². The van der Waals surface area contributed by atoms with Gasteiger partial charge in [-0.25, -0.2) is 4.79 Å². The fourth-order valence-corrected chi connectivity index (χ4v) is 2.08. The van der Waals surface area contributed by atoms with Gasteiger partial charge >= 0.3 is 6.09 Å². The van der Waals surface area contributed by atoms with Gasteiger partial charge in [0.05, 0.1) is 0 Å². The molecule has 0 saturated heterocycles. The predicted octanol–water partition coefficient (Wildman–Crippen LogP) is 4.74.